The fraction of sp³-hybridized carbons (Fsp3) is 0.542. The lowest BCUT2D eigenvalue weighted by atomic mass is 10.2. The van der Waals surface area contributed by atoms with Crippen LogP contribution in [0.5, 0.6) is 0 Å². The number of rotatable bonds is 6. The summed E-state index contributed by atoms with van der Waals surface area (Å²) >= 11 is 0. The van der Waals surface area contributed by atoms with Crippen LogP contribution in [-0.4, -0.2) is 32.3 Å². The van der Waals surface area contributed by atoms with Crippen molar-refractivity contribution in [2.45, 2.75) is 67.2 Å². The summed E-state index contributed by atoms with van der Waals surface area (Å²) in [6.45, 7) is 12.6. The minimum absolute atomic E-state index is 1.16. The number of aliphatic imine (C=N–C) groups is 1. The fourth-order valence-corrected chi connectivity index (χ4v) is 1.36. The molecule has 1 rings (SSSR count). The Kier molecular flexibility index (Phi) is 28.3. The quantitative estimate of drug-likeness (QED) is 0.384. The smallest absolute Gasteiger partial charge is 0.0281 e. The van der Waals surface area contributed by atoms with E-state index in [0.717, 1.165) is 5.56 Å². The van der Waals surface area contributed by atoms with Crippen LogP contribution in [0.1, 0.15) is 71.4 Å². The third-order valence-electron chi connectivity index (χ3n) is 2.94. The third-order valence-corrected chi connectivity index (χ3v) is 2.94. The molecule has 0 heterocycles. The van der Waals surface area contributed by atoms with Crippen LogP contribution in [0.3, 0.4) is 0 Å². The zero-order chi connectivity index (χ0) is 20.6. The molecule has 0 amide bonds. The minimum atomic E-state index is 1.16. The van der Waals surface area contributed by atoms with Crippen molar-refractivity contribution in [2.24, 2.45) is 4.99 Å². The summed E-state index contributed by atoms with van der Waals surface area (Å²) in [5.74, 6) is 0. The molecule has 2 heteroatoms. The highest BCUT2D eigenvalue weighted by Crippen LogP contribution is 1.99. The molecule has 0 aliphatic heterocycles. The lowest BCUT2D eigenvalue weighted by Crippen LogP contribution is -1.99. The van der Waals surface area contributed by atoms with Crippen molar-refractivity contribution in [2.75, 3.05) is 21.1 Å². The Morgan fingerprint density at radius 1 is 0.885 bits per heavy atom. The molecule has 0 N–H and O–H groups in total. The second-order valence-corrected chi connectivity index (χ2v) is 5.82. The van der Waals surface area contributed by atoms with E-state index < -0.39 is 0 Å². The monoisotopic (exact) mass is 360 g/mol. The van der Waals surface area contributed by atoms with E-state index in [1.54, 1.807) is 7.05 Å². The maximum Gasteiger partial charge on any atom is 0.0281 e. The highest BCUT2D eigenvalue weighted by molar-refractivity contribution is 5.79. The van der Waals surface area contributed by atoms with E-state index in [1.807, 2.05) is 45.3 Å². The van der Waals surface area contributed by atoms with E-state index >= 15 is 0 Å². The number of hydrogen-bond acceptors (Lipinski definition) is 2. The van der Waals surface area contributed by atoms with Gasteiger partial charge >= 0.3 is 0 Å². The Balaban J connectivity index is -0.000000314. The van der Waals surface area contributed by atoms with Gasteiger partial charge in [-0.3, -0.25) is 4.99 Å². The van der Waals surface area contributed by atoms with Crippen molar-refractivity contribution in [1.29, 1.82) is 0 Å². The van der Waals surface area contributed by atoms with Crippen molar-refractivity contribution in [3.63, 3.8) is 0 Å². The lowest BCUT2D eigenvalue weighted by Gasteiger charge is -2.00. The summed E-state index contributed by atoms with van der Waals surface area (Å²) in [7, 11) is 5.81. The fourth-order valence-electron chi connectivity index (χ4n) is 1.36. The molecule has 0 aliphatic carbocycles. The normalized spacial score (nSPS) is 9.88. The molecular weight excluding hydrogens is 316 g/mol. The molecule has 26 heavy (non-hydrogen) atoms. The van der Waals surface area contributed by atoms with Gasteiger partial charge in [0.1, 0.15) is 0 Å². The first-order chi connectivity index (χ1) is 12.5. The molecule has 0 bridgehead atoms. The molecule has 0 unspecified atom stereocenters. The number of aryl methyl sites for hydroxylation is 1. The number of unbranched alkanes of at least 4 members (excludes halogenated alkanes) is 2. The van der Waals surface area contributed by atoms with Crippen LogP contribution in [0.15, 0.2) is 53.7 Å². The molecule has 2 nitrogen and oxygen atoms in total. The molecular formula is C24H44N2. The molecule has 0 aliphatic rings. The highest BCUT2D eigenvalue weighted by Gasteiger charge is 1.84. The standard InChI is InChI=1S/C9H11N.C9H17N.C4H10.C2H6/c1-8-3-5-9(6-4-8)7-10-2;1-4-5-6-7-8-9-10(2)3;1-3-4-2;1-2/h3-7H,1-2H3;6-9H,4-5H2,1-3H3;3-4H2,1-2H3;1-2H3/b;7-6-,9-8-;;. The molecule has 1 aromatic rings. The van der Waals surface area contributed by atoms with Crippen molar-refractivity contribution in [1.82, 2.24) is 4.90 Å². The van der Waals surface area contributed by atoms with Crippen molar-refractivity contribution in [3.8, 4) is 0 Å². The second-order valence-electron chi connectivity index (χ2n) is 5.82. The SMILES string of the molecule is CC.CCC/C=C\C=C/N(C)C.CCCC.CN=Cc1ccc(C)cc1. The molecule has 0 saturated carbocycles. The summed E-state index contributed by atoms with van der Waals surface area (Å²) in [5.41, 5.74) is 2.45. The average molecular weight is 361 g/mol. The number of allylic oxidation sites excluding steroid dienone is 3. The molecule has 0 fully saturated rings. The largest absolute Gasteiger partial charge is 0.383 e. The molecule has 0 spiro atoms. The van der Waals surface area contributed by atoms with Crippen LogP contribution >= 0.6 is 0 Å². The number of nitrogens with zero attached hydrogens (tertiary/aromatic N) is 2. The van der Waals surface area contributed by atoms with Gasteiger partial charge in [-0.15, -0.1) is 0 Å². The van der Waals surface area contributed by atoms with E-state index in [2.05, 4.69) is 75.2 Å². The first-order valence-electron chi connectivity index (χ1n) is 10.00. The van der Waals surface area contributed by atoms with E-state index in [0.29, 0.717) is 0 Å². The molecule has 1 aromatic carbocycles. The Labute approximate surface area is 164 Å². The van der Waals surface area contributed by atoms with Crippen molar-refractivity contribution >= 4 is 6.21 Å². The zero-order valence-corrected chi connectivity index (χ0v) is 18.9. The van der Waals surface area contributed by atoms with Crippen LogP contribution in [0.2, 0.25) is 0 Å². The Morgan fingerprint density at radius 3 is 1.81 bits per heavy atom. The van der Waals surface area contributed by atoms with Gasteiger partial charge in [-0.1, -0.05) is 95.9 Å². The topological polar surface area (TPSA) is 15.6 Å². The van der Waals surface area contributed by atoms with Gasteiger partial charge in [0.15, 0.2) is 0 Å². The summed E-state index contributed by atoms with van der Waals surface area (Å²) < 4.78 is 0. The van der Waals surface area contributed by atoms with Gasteiger partial charge in [0, 0.05) is 27.4 Å². The van der Waals surface area contributed by atoms with Gasteiger partial charge in [-0.25, -0.2) is 0 Å². The molecule has 0 atom stereocenters. The van der Waals surface area contributed by atoms with E-state index in [4.69, 9.17) is 0 Å². The van der Waals surface area contributed by atoms with E-state index in [9.17, 15) is 0 Å². The number of benzene rings is 1. The zero-order valence-electron chi connectivity index (χ0n) is 18.9. The van der Waals surface area contributed by atoms with Gasteiger partial charge < -0.3 is 4.90 Å². The van der Waals surface area contributed by atoms with Crippen LogP contribution in [0, 0.1) is 6.92 Å². The predicted molar refractivity (Wildman–Crippen MR) is 124 cm³/mol. The van der Waals surface area contributed by atoms with E-state index in [-0.39, 0.29) is 0 Å². The van der Waals surface area contributed by atoms with Gasteiger partial charge in [-0.2, -0.15) is 0 Å². The average Bonchev–Trinajstić information content (AvgIpc) is 2.66. The van der Waals surface area contributed by atoms with Crippen LogP contribution < -0.4 is 0 Å². The van der Waals surface area contributed by atoms with Crippen molar-refractivity contribution in [3.05, 3.63) is 59.8 Å². The Morgan fingerprint density at radius 2 is 1.42 bits per heavy atom. The van der Waals surface area contributed by atoms with Gasteiger partial charge in [0.25, 0.3) is 0 Å². The maximum absolute atomic E-state index is 3.91. The van der Waals surface area contributed by atoms with Crippen LogP contribution in [0.4, 0.5) is 0 Å². The highest BCUT2D eigenvalue weighted by atomic mass is 15.0. The molecule has 0 radical (unpaired) electrons. The second kappa shape index (κ2) is 25.4. The Hall–Kier alpha value is -1.83. The molecule has 150 valence electrons. The summed E-state index contributed by atoms with van der Waals surface area (Å²) in [4.78, 5) is 5.93. The van der Waals surface area contributed by atoms with Crippen LogP contribution in [0.25, 0.3) is 0 Å². The molecule has 0 aromatic heterocycles. The first kappa shape index (κ1) is 29.0. The molecule has 0 saturated heterocycles. The summed E-state index contributed by atoms with van der Waals surface area (Å²) in [6.07, 6.45) is 15.2. The van der Waals surface area contributed by atoms with Gasteiger partial charge in [0.05, 0.1) is 0 Å². The lowest BCUT2D eigenvalue weighted by molar-refractivity contribution is 0.564. The first-order valence-corrected chi connectivity index (χ1v) is 10.00. The van der Waals surface area contributed by atoms with Gasteiger partial charge in [-0.05, 0) is 31.2 Å². The Bertz CT molecular complexity index is 438. The summed E-state index contributed by atoms with van der Waals surface area (Å²) in [5, 5.41) is 0. The van der Waals surface area contributed by atoms with Gasteiger partial charge in [0.2, 0.25) is 0 Å². The minimum Gasteiger partial charge on any atom is -0.383 e. The summed E-state index contributed by atoms with van der Waals surface area (Å²) in [6, 6.07) is 8.28. The van der Waals surface area contributed by atoms with E-state index in [1.165, 1.54) is 31.2 Å². The van der Waals surface area contributed by atoms with Crippen LogP contribution in [-0.2, 0) is 0 Å². The van der Waals surface area contributed by atoms with Crippen molar-refractivity contribution < 1.29 is 0 Å². The third kappa shape index (κ3) is 27.0. The number of hydrogen-bond donors (Lipinski definition) is 0. The predicted octanol–water partition coefficient (Wildman–Crippen LogP) is 7.29. The maximum atomic E-state index is 3.91.